The Morgan fingerprint density at radius 3 is 2.95 bits per heavy atom. The molecule has 1 amide bonds. The summed E-state index contributed by atoms with van der Waals surface area (Å²) >= 11 is 9.46. The normalized spacial score (nSPS) is 35.9. The van der Waals surface area contributed by atoms with Crippen LogP contribution in [0.15, 0.2) is 22.7 Å². The fourth-order valence-corrected chi connectivity index (χ4v) is 4.89. The number of ether oxygens (including phenoxy) is 1. The van der Waals surface area contributed by atoms with Crippen LogP contribution in [0, 0.1) is 23.7 Å². The molecule has 5 atom stereocenters. The van der Waals surface area contributed by atoms with Gasteiger partial charge in [-0.1, -0.05) is 27.5 Å². The minimum atomic E-state index is -0.277. The maximum absolute atomic E-state index is 12.6. The Labute approximate surface area is 135 Å². The van der Waals surface area contributed by atoms with Crippen LogP contribution in [0.5, 0.6) is 0 Å². The van der Waals surface area contributed by atoms with E-state index >= 15 is 0 Å². The van der Waals surface area contributed by atoms with Crippen LogP contribution in [0.25, 0.3) is 0 Å². The van der Waals surface area contributed by atoms with Crippen molar-refractivity contribution in [2.24, 2.45) is 23.7 Å². The van der Waals surface area contributed by atoms with Crippen LogP contribution in [-0.4, -0.2) is 18.0 Å². The summed E-state index contributed by atoms with van der Waals surface area (Å²) in [6.45, 7) is 0. The number of carbonyl (C=O) groups excluding carboxylic acids is 2. The second-order valence-corrected chi connectivity index (χ2v) is 7.36. The molecule has 0 aromatic heterocycles. The Morgan fingerprint density at radius 1 is 1.38 bits per heavy atom. The van der Waals surface area contributed by atoms with Crippen molar-refractivity contribution in [3.05, 3.63) is 27.7 Å². The molecule has 4 rings (SSSR count). The molecule has 0 radical (unpaired) electrons. The number of fused-ring (bicyclic) bond motifs is 1. The summed E-state index contributed by atoms with van der Waals surface area (Å²) in [6.07, 6.45) is 1.79. The lowest BCUT2D eigenvalue weighted by atomic mass is 9.79. The molecule has 3 aliphatic rings. The molecule has 2 aliphatic carbocycles. The summed E-state index contributed by atoms with van der Waals surface area (Å²) < 4.78 is 6.21. The highest BCUT2D eigenvalue weighted by atomic mass is 79.9. The molecule has 1 saturated heterocycles. The van der Waals surface area contributed by atoms with Crippen LogP contribution in [0.4, 0.5) is 5.69 Å². The van der Waals surface area contributed by atoms with Gasteiger partial charge in [-0.3, -0.25) is 9.59 Å². The van der Waals surface area contributed by atoms with Crippen molar-refractivity contribution < 1.29 is 14.3 Å². The first-order valence-corrected chi connectivity index (χ1v) is 8.18. The highest BCUT2D eigenvalue weighted by Crippen LogP contribution is 2.57. The number of amides is 1. The van der Waals surface area contributed by atoms with E-state index in [4.69, 9.17) is 16.3 Å². The molecule has 1 aliphatic heterocycles. The van der Waals surface area contributed by atoms with Gasteiger partial charge in [-0.2, -0.15) is 0 Å². The van der Waals surface area contributed by atoms with Crippen molar-refractivity contribution in [3.8, 4) is 0 Å². The summed E-state index contributed by atoms with van der Waals surface area (Å²) in [6, 6.07) is 5.31. The molecule has 0 unspecified atom stereocenters. The third-order valence-corrected chi connectivity index (χ3v) is 5.78. The third kappa shape index (κ3) is 2.01. The molecule has 1 heterocycles. The van der Waals surface area contributed by atoms with E-state index in [0.29, 0.717) is 10.7 Å². The Morgan fingerprint density at radius 2 is 2.19 bits per heavy atom. The van der Waals surface area contributed by atoms with Gasteiger partial charge in [0.05, 0.1) is 22.5 Å². The maximum Gasteiger partial charge on any atom is 0.310 e. The fraction of sp³-hybridized carbons (Fsp3) is 0.467. The summed E-state index contributed by atoms with van der Waals surface area (Å²) in [4.78, 5) is 24.5. The molecular formula is C15H13BrClNO3. The molecule has 6 heteroatoms. The minimum absolute atomic E-state index is 0.0489. The first kappa shape index (κ1) is 13.6. The predicted molar refractivity (Wildman–Crippen MR) is 80.9 cm³/mol. The number of halogens is 2. The number of carbonyl (C=O) groups is 2. The number of esters is 1. The van der Waals surface area contributed by atoms with E-state index in [-0.39, 0.29) is 41.7 Å². The lowest BCUT2D eigenvalue weighted by Crippen LogP contribution is -2.35. The second-order valence-electron chi connectivity index (χ2n) is 6.04. The highest BCUT2D eigenvalue weighted by Gasteiger charge is 2.63. The smallest absolute Gasteiger partial charge is 0.310 e. The minimum Gasteiger partial charge on any atom is -0.462 e. The van der Waals surface area contributed by atoms with Gasteiger partial charge in [-0.25, -0.2) is 0 Å². The molecule has 3 fully saturated rings. The van der Waals surface area contributed by atoms with Crippen LogP contribution in [0.2, 0.25) is 5.02 Å². The Hall–Kier alpha value is -1.07. The van der Waals surface area contributed by atoms with E-state index in [9.17, 15) is 9.59 Å². The quantitative estimate of drug-likeness (QED) is 0.813. The summed E-state index contributed by atoms with van der Waals surface area (Å²) in [7, 11) is 0. The molecule has 0 spiro atoms. The molecule has 2 bridgehead atoms. The molecule has 1 aromatic rings. The standard InChI is InChI=1S/C15H13BrClNO3/c16-7-1-2-10(9(17)5-7)18-14(19)12-6-3-8-11(4-6)21-15(20)13(8)12/h1-2,5-6,8,11-13H,3-4H2,(H,18,19)/t6-,8-,11+,12+,13-/m0/s1. The predicted octanol–water partition coefficient (Wildman–Crippen LogP) is 3.24. The van der Waals surface area contributed by atoms with Crippen LogP contribution in [0.1, 0.15) is 12.8 Å². The Bertz CT molecular complexity index is 648. The van der Waals surface area contributed by atoms with Crippen molar-refractivity contribution in [1.82, 2.24) is 0 Å². The van der Waals surface area contributed by atoms with Crippen LogP contribution < -0.4 is 5.32 Å². The van der Waals surface area contributed by atoms with E-state index in [1.807, 2.05) is 6.07 Å². The van der Waals surface area contributed by atoms with Crippen LogP contribution in [0.3, 0.4) is 0 Å². The van der Waals surface area contributed by atoms with E-state index < -0.39 is 0 Å². The zero-order valence-corrected chi connectivity index (χ0v) is 13.4. The van der Waals surface area contributed by atoms with Crippen molar-refractivity contribution in [3.63, 3.8) is 0 Å². The van der Waals surface area contributed by atoms with Crippen LogP contribution in [-0.2, 0) is 14.3 Å². The van der Waals surface area contributed by atoms with Gasteiger partial charge in [0.2, 0.25) is 5.91 Å². The van der Waals surface area contributed by atoms with Crippen molar-refractivity contribution >= 4 is 45.1 Å². The van der Waals surface area contributed by atoms with Crippen molar-refractivity contribution in [1.29, 1.82) is 0 Å². The van der Waals surface area contributed by atoms with Gasteiger partial charge >= 0.3 is 5.97 Å². The second kappa shape index (κ2) is 4.71. The van der Waals surface area contributed by atoms with Gasteiger partial charge in [0, 0.05) is 10.4 Å². The first-order chi connectivity index (χ1) is 10.0. The number of hydrogen-bond acceptors (Lipinski definition) is 3. The zero-order chi connectivity index (χ0) is 14.7. The maximum atomic E-state index is 12.6. The van der Waals surface area contributed by atoms with Crippen molar-refractivity contribution in [2.45, 2.75) is 18.9 Å². The fourth-order valence-electron chi connectivity index (χ4n) is 4.17. The number of rotatable bonds is 2. The van der Waals surface area contributed by atoms with Gasteiger partial charge in [-0.05, 0) is 37.0 Å². The lowest BCUT2D eigenvalue weighted by molar-refractivity contribution is -0.145. The number of benzene rings is 1. The van der Waals surface area contributed by atoms with Gasteiger partial charge < -0.3 is 10.1 Å². The topological polar surface area (TPSA) is 55.4 Å². The monoisotopic (exact) mass is 369 g/mol. The molecule has 1 N–H and O–H groups in total. The SMILES string of the molecule is O=C(Nc1ccc(Br)cc1Cl)[C@@H]1[C@H]2C[C@@H]3[C@@H]1C(=O)O[C@@H]3C2. The largest absolute Gasteiger partial charge is 0.462 e. The molecular weight excluding hydrogens is 358 g/mol. The molecule has 110 valence electrons. The van der Waals surface area contributed by atoms with Gasteiger partial charge in [0.15, 0.2) is 0 Å². The van der Waals surface area contributed by atoms with Crippen molar-refractivity contribution in [2.75, 3.05) is 5.32 Å². The number of anilines is 1. The van der Waals surface area contributed by atoms with Gasteiger partial charge in [0.1, 0.15) is 6.10 Å². The summed E-state index contributed by atoms with van der Waals surface area (Å²) in [5.74, 6) is -0.366. The average molecular weight is 371 g/mol. The average Bonchev–Trinajstić information content (AvgIpc) is 3.02. The summed E-state index contributed by atoms with van der Waals surface area (Å²) in [5.41, 5.74) is 0.579. The van der Waals surface area contributed by atoms with Gasteiger partial charge in [0.25, 0.3) is 0 Å². The number of nitrogens with one attached hydrogen (secondary N) is 1. The molecule has 21 heavy (non-hydrogen) atoms. The third-order valence-electron chi connectivity index (χ3n) is 4.97. The van der Waals surface area contributed by atoms with E-state index in [0.717, 1.165) is 17.3 Å². The highest BCUT2D eigenvalue weighted by molar-refractivity contribution is 9.10. The number of hydrogen-bond donors (Lipinski definition) is 1. The lowest BCUT2D eigenvalue weighted by Gasteiger charge is -2.23. The molecule has 1 aromatic carbocycles. The molecule has 4 nitrogen and oxygen atoms in total. The Balaban J connectivity index is 1.57. The van der Waals surface area contributed by atoms with E-state index in [1.165, 1.54) is 0 Å². The van der Waals surface area contributed by atoms with Gasteiger partial charge in [-0.15, -0.1) is 0 Å². The zero-order valence-electron chi connectivity index (χ0n) is 11.0. The molecule has 2 saturated carbocycles. The van der Waals surface area contributed by atoms with Crippen LogP contribution >= 0.6 is 27.5 Å². The van der Waals surface area contributed by atoms with E-state index in [2.05, 4.69) is 21.2 Å². The van der Waals surface area contributed by atoms with E-state index in [1.54, 1.807) is 12.1 Å². The first-order valence-electron chi connectivity index (χ1n) is 7.01. The summed E-state index contributed by atoms with van der Waals surface area (Å²) in [5, 5.41) is 3.35. The Kier molecular flexibility index (Phi) is 3.05.